The number of hydrogen-bond acceptors (Lipinski definition) is 4. The number of thiophene rings is 1. The molecule has 1 heterocycles. The second-order valence-electron chi connectivity index (χ2n) is 4.12. The van der Waals surface area contributed by atoms with Crippen LogP contribution in [0.1, 0.15) is 19.3 Å². The number of ether oxygens (including phenoxy) is 1. The van der Waals surface area contributed by atoms with Crippen LogP contribution in [0.15, 0.2) is 14.1 Å². The van der Waals surface area contributed by atoms with Crippen molar-refractivity contribution in [2.24, 2.45) is 0 Å². The van der Waals surface area contributed by atoms with E-state index < -0.39 is 10.0 Å². The molecule has 102 valence electrons. The molecule has 1 N–H and O–H groups in total. The van der Waals surface area contributed by atoms with Crippen molar-refractivity contribution >= 4 is 48.9 Å². The lowest BCUT2D eigenvalue weighted by Crippen LogP contribution is -2.40. The number of sulfonamides is 1. The number of rotatable bonds is 4. The van der Waals surface area contributed by atoms with Gasteiger partial charge in [0.1, 0.15) is 4.21 Å². The van der Waals surface area contributed by atoms with Gasteiger partial charge in [0.15, 0.2) is 0 Å². The predicted octanol–water partition coefficient (Wildman–Crippen LogP) is 3.01. The third kappa shape index (κ3) is 3.08. The second kappa shape index (κ2) is 5.76. The van der Waals surface area contributed by atoms with Gasteiger partial charge in [0.25, 0.3) is 0 Å². The molecule has 0 amide bonds. The lowest BCUT2D eigenvalue weighted by Gasteiger charge is -2.18. The molecule has 2 atom stereocenters. The molecule has 0 bridgehead atoms. The maximum atomic E-state index is 12.2. The molecule has 18 heavy (non-hydrogen) atoms. The average molecular weight is 375 g/mol. The molecule has 1 fully saturated rings. The van der Waals surface area contributed by atoms with Crippen LogP contribution in [0.3, 0.4) is 0 Å². The van der Waals surface area contributed by atoms with Gasteiger partial charge in [-0.2, -0.15) is 0 Å². The van der Waals surface area contributed by atoms with Gasteiger partial charge in [0.05, 0.1) is 14.9 Å². The molecule has 0 spiro atoms. The highest BCUT2D eigenvalue weighted by Gasteiger charge is 2.32. The molecule has 0 aromatic carbocycles. The van der Waals surface area contributed by atoms with Crippen molar-refractivity contribution in [2.75, 3.05) is 7.11 Å². The summed E-state index contributed by atoms with van der Waals surface area (Å²) in [6, 6.07) is 1.30. The second-order valence-corrected chi connectivity index (χ2v) is 8.84. The van der Waals surface area contributed by atoms with Crippen LogP contribution in [0.25, 0.3) is 0 Å². The quantitative estimate of drug-likeness (QED) is 0.881. The van der Waals surface area contributed by atoms with Crippen LogP contribution in [-0.4, -0.2) is 27.7 Å². The molecule has 1 aliphatic carbocycles. The molecular formula is C10H13BrClNO3S2. The topological polar surface area (TPSA) is 55.4 Å². The van der Waals surface area contributed by atoms with Gasteiger partial charge in [0.2, 0.25) is 10.0 Å². The van der Waals surface area contributed by atoms with Crippen molar-refractivity contribution in [2.45, 2.75) is 35.6 Å². The van der Waals surface area contributed by atoms with E-state index in [1.165, 1.54) is 6.07 Å². The third-order valence-corrected chi connectivity index (χ3v) is 7.39. The van der Waals surface area contributed by atoms with Crippen molar-refractivity contribution < 1.29 is 13.2 Å². The largest absolute Gasteiger partial charge is 0.380 e. The zero-order valence-electron chi connectivity index (χ0n) is 9.65. The van der Waals surface area contributed by atoms with E-state index in [2.05, 4.69) is 20.7 Å². The van der Waals surface area contributed by atoms with Crippen LogP contribution in [0.2, 0.25) is 5.02 Å². The summed E-state index contributed by atoms with van der Waals surface area (Å²) in [5.41, 5.74) is 0. The number of halogens is 2. The van der Waals surface area contributed by atoms with Crippen molar-refractivity contribution in [1.29, 1.82) is 0 Å². The summed E-state index contributed by atoms with van der Waals surface area (Å²) in [5, 5.41) is 0.412. The Morgan fingerprint density at radius 2 is 2.28 bits per heavy atom. The zero-order chi connectivity index (χ0) is 13.3. The van der Waals surface area contributed by atoms with E-state index in [4.69, 9.17) is 16.3 Å². The highest BCUT2D eigenvalue weighted by molar-refractivity contribution is 9.11. The maximum absolute atomic E-state index is 12.2. The number of hydrogen-bond donors (Lipinski definition) is 1. The summed E-state index contributed by atoms with van der Waals surface area (Å²) in [5.74, 6) is 0. The van der Waals surface area contributed by atoms with Crippen LogP contribution in [-0.2, 0) is 14.8 Å². The van der Waals surface area contributed by atoms with Gasteiger partial charge in [-0.3, -0.25) is 0 Å². The Morgan fingerprint density at radius 1 is 1.56 bits per heavy atom. The van der Waals surface area contributed by atoms with Gasteiger partial charge >= 0.3 is 0 Å². The molecule has 0 aliphatic heterocycles. The standard InChI is InChI=1S/C10H13BrClNO3S2/c1-16-8-4-2-3-7(8)13-18(14,15)9-5-6(12)10(11)17-9/h5,7-8,13H,2-4H2,1H3. The fraction of sp³-hybridized carbons (Fsp3) is 0.600. The van der Waals surface area contributed by atoms with Gasteiger partial charge in [-0.15, -0.1) is 11.3 Å². The molecule has 8 heteroatoms. The summed E-state index contributed by atoms with van der Waals surface area (Å²) in [6.07, 6.45) is 2.62. The molecule has 1 aromatic heterocycles. The SMILES string of the molecule is COC1CCCC1NS(=O)(=O)c1cc(Cl)c(Br)s1. The van der Waals surface area contributed by atoms with Gasteiger partial charge in [0, 0.05) is 13.2 Å². The van der Waals surface area contributed by atoms with E-state index in [9.17, 15) is 8.42 Å². The number of methoxy groups -OCH3 is 1. The fourth-order valence-electron chi connectivity index (χ4n) is 2.06. The Bertz CT molecular complexity index is 512. The van der Waals surface area contributed by atoms with Crippen LogP contribution < -0.4 is 4.72 Å². The average Bonchev–Trinajstić information content (AvgIpc) is 2.86. The summed E-state index contributed by atoms with van der Waals surface area (Å²) in [4.78, 5) is 0. The fourth-order valence-corrected chi connectivity index (χ4v) is 5.77. The highest BCUT2D eigenvalue weighted by atomic mass is 79.9. The Kier molecular flexibility index (Phi) is 4.72. The zero-order valence-corrected chi connectivity index (χ0v) is 13.6. The minimum Gasteiger partial charge on any atom is -0.380 e. The molecule has 4 nitrogen and oxygen atoms in total. The van der Waals surface area contributed by atoms with E-state index in [1.54, 1.807) is 7.11 Å². The van der Waals surface area contributed by atoms with Crippen molar-refractivity contribution in [3.63, 3.8) is 0 Å². The highest BCUT2D eigenvalue weighted by Crippen LogP contribution is 2.35. The van der Waals surface area contributed by atoms with E-state index in [-0.39, 0.29) is 16.4 Å². The molecule has 1 saturated carbocycles. The predicted molar refractivity (Wildman–Crippen MR) is 75.8 cm³/mol. The van der Waals surface area contributed by atoms with Gasteiger partial charge in [-0.1, -0.05) is 11.6 Å². The smallest absolute Gasteiger partial charge is 0.250 e. The summed E-state index contributed by atoms with van der Waals surface area (Å²) >= 11 is 10.2. The van der Waals surface area contributed by atoms with Crippen LogP contribution in [0.4, 0.5) is 0 Å². The maximum Gasteiger partial charge on any atom is 0.250 e. The number of nitrogens with one attached hydrogen (secondary N) is 1. The first-order valence-electron chi connectivity index (χ1n) is 5.44. The summed E-state index contributed by atoms with van der Waals surface area (Å²) in [6.45, 7) is 0. The molecule has 1 aromatic rings. The Labute approximate surface area is 124 Å². The van der Waals surface area contributed by atoms with E-state index in [1.807, 2.05) is 0 Å². The Morgan fingerprint density at radius 3 is 2.83 bits per heavy atom. The molecular weight excluding hydrogens is 362 g/mol. The summed E-state index contributed by atoms with van der Waals surface area (Å²) < 4.78 is 33.2. The van der Waals surface area contributed by atoms with Crippen molar-refractivity contribution in [3.05, 3.63) is 14.9 Å². The van der Waals surface area contributed by atoms with E-state index in [0.29, 0.717) is 8.81 Å². The van der Waals surface area contributed by atoms with Crippen LogP contribution in [0, 0.1) is 0 Å². The third-order valence-electron chi connectivity index (χ3n) is 2.95. The normalized spacial score (nSPS) is 24.6. The minimum absolute atomic E-state index is 0.0429. The van der Waals surface area contributed by atoms with Crippen molar-refractivity contribution in [1.82, 2.24) is 4.72 Å². The molecule has 0 radical (unpaired) electrons. The Balaban J connectivity index is 2.17. The van der Waals surface area contributed by atoms with Crippen LogP contribution in [0.5, 0.6) is 0 Å². The first-order chi connectivity index (χ1) is 8.44. The first-order valence-corrected chi connectivity index (χ1v) is 8.91. The molecule has 1 aliphatic rings. The van der Waals surface area contributed by atoms with E-state index >= 15 is 0 Å². The Hall–Kier alpha value is 0.340. The molecule has 0 saturated heterocycles. The van der Waals surface area contributed by atoms with Crippen molar-refractivity contribution in [3.8, 4) is 0 Å². The first kappa shape index (κ1) is 14.7. The van der Waals surface area contributed by atoms with Gasteiger partial charge in [-0.05, 0) is 41.3 Å². The van der Waals surface area contributed by atoms with E-state index in [0.717, 1.165) is 30.6 Å². The van der Waals surface area contributed by atoms with Gasteiger partial charge in [-0.25, -0.2) is 13.1 Å². The molecule has 2 rings (SSSR count). The van der Waals surface area contributed by atoms with Crippen LogP contribution >= 0.6 is 38.9 Å². The minimum atomic E-state index is -3.51. The monoisotopic (exact) mass is 373 g/mol. The van der Waals surface area contributed by atoms with Gasteiger partial charge < -0.3 is 4.74 Å². The summed E-state index contributed by atoms with van der Waals surface area (Å²) in [7, 11) is -1.91. The molecule has 2 unspecified atom stereocenters. The lowest BCUT2D eigenvalue weighted by atomic mass is 10.2. The lowest BCUT2D eigenvalue weighted by molar-refractivity contribution is 0.0916.